The third kappa shape index (κ3) is 2.65. The van der Waals surface area contributed by atoms with Gasteiger partial charge in [-0.3, -0.25) is 0 Å². The number of thioether (sulfide) groups is 1. The summed E-state index contributed by atoms with van der Waals surface area (Å²) in [5.74, 6) is 1.30. The van der Waals surface area contributed by atoms with Gasteiger partial charge in [0, 0.05) is 30.2 Å². The van der Waals surface area contributed by atoms with Crippen molar-refractivity contribution >= 4 is 11.8 Å². The lowest BCUT2D eigenvalue weighted by molar-refractivity contribution is 0.106. The van der Waals surface area contributed by atoms with Crippen LogP contribution in [0.4, 0.5) is 0 Å². The molecule has 4 atom stereocenters. The molecule has 1 aliphatic heterocycles. The van der Waals surface area contributed by atoms with Crippen LogP contribution in [-0.2, 0) is 4.74 Å². The maximum absolute atomic E-state index is 5.38. The molecule has 14 heavy (non-hydrogen) atoms. The standard InChI is InChI=1S/C11H21NOS/c1-8-5-10(7-14-8)12-9-3-4-11(6-9)13-2/h8-12H,3-7H2,1-2H3. The average molecular weight is 215 g/mol. The van der Waals surface area contributed by atoms with E-state index < -0.39 is 0 Å². The van der Waals surface area contributed by atoms with Crippen molar-refractivity contribution in [3.63, 3.8) is 0 Å². The van der Waals surface area contributed by atoms with E-state index in [1.807, 2.05) is 7.11 Å². The number of nitrogens with one attached hydrogen (secondary N) is 1. The second-order valence-electron chi connectivity index (χ2n) is 4.61. The largest absolute Gasteiger partial charge is 0.381 e. The Morgan fingerprint density at radius 1 is 1.21 bits per heavy atom. The van der Waals surface area contributed by atoms with E-state index >= 15 is 0 Å². The van der Waals surface area contributed by atoms with Crippen LogP contribution in [0.5, 0.6) is 0 Å². The van der Waals surface area contributed by atoms with Gasteiger partial charge in [0.2, 0.25) is 0 Å². The minimum Gasteiger partial charge on any atom is -0.381 e. The zero-order chi connectivity index (χ0) is 9.97. The average Bonchev–Trinajstić information content (AvgIpc) is 2.76. The molecule has 0 amide bonds. The van der Waals surface area contributed by atoms with Gasteiger partial charge in [0.25, 0.3) is 0 Å². The molecule has 1 aliphatic carbocycles. The predicted octanol–water partition coefficient (Wildman–Crippen LogP) is 2.04. The molecule has 1 saturated carbocycles. The van der Waals surface area contributed by atoms with Crippen LogP contribution in [0.2, 0.25) is 0 Å². The Morgan fingerprint density at radius 3 is 2.64 bits per heavy atom. The topological polar surface area (TPSA) is 21.3 Å². The summed E-state index contributed by atoms with van der Waals surface area (Å²) in [5, 5.41) is 4.63. The number of ether oxygens (including phenoxy) is 1. The highest BCUT2D eigenvalue weighted by Crippen LogP contribution is 2.28. The maximum Gasteiger partial charge on any atom is 0.0586 e. The lowest BCUT2D eigenvalue weighted by Crippen LogP contribution is -2.37. The number of hydrogen-bond donors (Lipinski definition) is 1. The highest BCUT2D eigenvalue weighted by atomic mass is 32.2. The lowest BCUT2D eigenvalue weighted by atomic mass is 10.1. The molecule has 3 heteroatoms. The highest BCUT2D eigenvalue weighted by molar-refractivity contribution is 8.00. The van der Waals surface area contributed by atoms with Gasteiger partial charge in [-0.15, -0.1) is 0 Å². The summed E-state index contributed by atoms with van der Waals surface area (Å²) in [6.45, 7) is 2.33. The summed E-state index contributed by atoms with van der Waals surface area (Å²) in [6, 6.07) is 1.48. The van der Waals surface area contributed by atoms with E-state index in [1.165, 1.54) is 31.4 Å². The fourth-order valence-electron chi connectivity index (χ4n) is 2.57. The van der Waals surface area contributed by atoms with Gasteiger partial charge in [-0.1, -0.05) is 6.92 Å². The summed E-state index contributed by atoms with van der Waals surface area (Å²) in [4.78, 5) is 0. The van der Waals surface area contributed by atoms with Crippen molar-refractivity contribution in [3.05, 3.63) is 0 Å². The molecule has 0 aromatic carbocycles. The van der Waals surface area contributed by atoms with Crippen LogP contribution in [-0.4, -0.2) is 36.3 Å². The minimum atomic E-state index is 0.513. The van der Waals surface area contributed by atoms with Crippen LogP contribution in [0, 0.1) is 0 Å². The van der Waals surface area contributed by atoms with Gasteiger partial charge in [-0.05, 0) is 25.7 Å². The first-order chi connectivity index (χ1) is 6.78. The second kappa shape index (κ2) is 4.86. The monoisotopic (exact) mass is 215 g/mol. The Balaban J connectivity index is 1.71. The van der Waals surface area contributed by atoms with Gasteiger partial charge in [-0.2, -0.15) is 11.8 Å². The smallest absolute Gasteiger partial charge is 0.0586 e. The summed E-state index contributed by atoms with van der Waals surface area (Å²) in [7, 11) is 1.83. The molecular weight excluding hydrogens is 194 g/mol. The molecule has 2 aliphatic rings. The minimum absolute atomic E-state index is 0.513. The Hall–Kier alpha value is 0.270. The number of methoxy groups -OCH3 is 1. The Bertz CT molecular complexity index is 188. The van der Waals surface area contributed by atoms with Crippen LogP contribution in [0.1, 0.15) is 32.6 Å². The molecule has 0 aromatic rings. The molecule has 0 bridgehead atoms. The van der Waals surface area contributed by atoms with Gasteiger partial charge in [0.1, 0.15) is 0 Å². The zero-order valence-electron chi connectivity index (χ0n) is 9.16. The van der Waals surface area contributed by atoms with E-state index in [1.54, 1.807) is 0 Å². The second-order valence-corrected chi connectivity index (χ2v) is 6.08. The summed E-state index contributed by atoms with van der Waals surface area (Å²) in [5.41, 5.74) is 0. The zero-order valence-corrected chi connectivity index (χ0v) is 9.98. The van der Waals surface area contributed by atoms with E-state index in [0.717, 1.165) is 17.3 Å². The molecule has 1 N–H and O–H groups in total. The van der Waals surface area contributed by atoms with Crippen LogP contribution in [0.25, 0.3) is 0 Å². The molecule has 4 unspecified atom stereocenters. The first-order valence-electron chi connectivity index (χ1n) is 5.68. The molecule has 1 heterocycles. The molecule has 1 saturated heterocycles. The Morgan fingerprint density at radius 2 is 2.07 bits per heavy atom. The van der Waals surface area contributed by atoms with E-state index in [9.17, 15) is 0 Å². The summed E-state index contributed by atoms with van der Waals surface area (Å²) in [6.07, 6.45) is 5.61. The molecule has 0 aromatic heterocycles. The number of hydrogen-bond acceptors (Lipinski definition) is 3. The first-order valence-corrected chi connectivity index (χ1v) is 6.73. The van der Waals surface area contributed by atoms with Crippen molar-refractivity contribution in [1.29, 1.82) is 0 Å². The summed E-state index contributed by atoms with van der Waals surface area (Å²) >= 11 is 2.10. The summed E-state index contributed by atoms with van der Waals surface area (Å²) < 4.78 is 5.38. The molecule has 0 spiro atoms. The molecule has 2 rings (SSSR count). The van der Waals surface area contributed by atoms with Crippen molar-refractivity contribution in [2.45, 2.75) is 56.0 Å². The van der Waals surface area contributed by atoms with Gasteiger partial charge in [0.15, 0.2) is 0 Å². The van der Waals surface area contributed by atoms with Gasteiger partial charge in [0.05, 0.1) is 6.10 Å². The molecular formula is C11H21NOS. The van der Waals surface area contributed by atoms with E-state index in [2.05, 4.69) is 24.0 Å². The molecule has 2 nitrogen and oxygen atoms in total. The van der Waals surface area contributed by atoms with Crippen LogP contribution >= 0.6 is 11.8 Å². The van der Waals surface area contributed by atoms with Crippen molar-refractivity contribution < 1.29 is 4.74 Å². The number of rotatable bonds is 3. The van der Waals surface area contributed by atoms with Crippen LogP contribution < -0.4 is 5.32 Å². The van der Waals surface area contributed by atoms with Crippen LogP contribution in [0.3, 0.4) is 0 Å². The molecule has 2 fully saturated rings. The van der Waals surface area contributed by atoms with Gasteiger partial charge in [-0.25, -0.2) is 0 Å². The van der Waals surface area contributed by atoms with Crippen molar-refractivity contribution in [1.82, 2.24) is 5.32 Å². The van der Waals surface area contributed by atoms with Crippen molar-refractivity contribution in [2.24, 2.45) is 0 Å². The quantitative estimate of drug-likeness (QED) is 0.778. The van der Waals surface area contributed by atoms with Gasteiger partial charge < -0.3 is 10.1 Å². The SMILES string of the molecule is COC1CCC(NC2CSC(C)C2)C1. The Kier molecular flexibility index (Phi) is 3.74. The predicted molar refractivity (Wildman–Crippen MR) is 61.9 cm³/mol. The normalized spacial score (nSPS) is 43.3. The van der Waals surface area contributed by atoms with Crippen molar-refractivity contribution in [3.8, 4) is 0 Å². The third-order valence-corrected chi connectivity index (χ3v) is 4.74. The van der Waals surface area contributed by atoms with E-state index in [0.29, 0.717) is 6.10 Å². The highest BCUT2D eigenvalue weighted by Gasteiger charge is 2.29. The fraction of sp³-hybridized carbons (Fsp3) is 1.00. The van der Waals surface area contributed by atoms with Crippen LogP contribution in [0.15, 0.2) is 0 Å². The first kappa shape index (κ1) is 10.8. The van der Waals surface area contributed by atoms with Gasteiger partial charge >= 0.3 is 0 Å². The molecule has 0 radical (unpaired) electrons. The lowest BCUT2D eigenvalue weighted by Gasteiger charge is -2.18. The fourth-order valence-corrected chi connectivity index (χ4v) is 3.73. The molecule has 82 valence electrons. The van der Waals surface area contributed by atoms with E-state index in [-0.39, 0.29) is 0 Å². The maximum atomic E-state index is 5.38. The van der Waals surface area contributed by atoms with Crippen molar-refractivity contribution in [2.75, 3.05) is 12.9 Å². The Labute approximate surface area is 91.2 Å². The third-order valence-electron chi connectivity index (χ3n) is 3.39. The van der Waals surface area contributed by atoms with E-state index in [4.69, 9.17) is 4.74 Å².